The van der Waals surface area contributed by atoms with Gasteiger partial charge in [0.25, 0.3) is 0 Å². The van der Waals surface area contributed by atoms with Crippen molar-refractivity contribution in [3.63, 3.8) is 0 Å². The fourth-order valence-corrected chi connectivity index (χ4v) is 3.60. The molecule has 0 radical (unpaired) electrons. The highest BCUT2D eigenvalue weighted by atomic mass is 16.5. The van der Waals surface area contributed by atoms with Crippen LogP contribution in [-0.2, 0) is 19.1 Å². The second-order valence-corrected chi connectivity index (χ2v) is 5.96. The minimum absolute atomic E-state index is 0.00893. The fraction of sp³-hybridized carbons (Fsp3) is 0.857. The highest BCUT2D eigenvalue weighted by Crippen LogP contribution is 2.43. The van der Waals surface area contributed by atoms with Crippen molar-refractivity contribution in [1.82, 2.24) is 9.80 Å². The number of hydrogen-bond donors (Lipinski definition) is 0. The van der Waals surface area contributed by atoms with E-state index in [1.165, 1.54) is 4.90 Å². The second-order valence-electron chi connectivity index (χ2n) is 5.96. The van der Waals surface area contributed by atoms with E-state index >= 15 is 0 Å². The maximum Gasteiger partial charge on any atom is 0.236 e. The first-order chi connectivity index (χ1) is 9.70. The Morgan fingerprint density at radius 3 is 2.60 bits per heavy atom. The highest BCUT2D eigenvalue weighted by Gasteiger charge is 2.51. The lowest BCUT2D eigenvalue weighted by molar-refractivity contribution is -0.147. The van der Waals surface area contributed by atoms with E-state index in [1.54, 1.807) is 0 Å². The van der Waals surface area contributed by atoms with Crippen molar-refractivity contribution in [3.05, 3.63) is 0 Å². The summed E-state index contributed by atoms with van der Waals surface area (Å²) in [5.41, 5.74) is 0. The third-order valence-electron chi connectivity index (χ3n) is 4.79. The molecule has 3 heterocycles. The van der Waals surface area contributed by atoms with Crippen molar-refractivity contribution in [3.8, 4) is 0 Å². The van der Waals surface area contributed by atoms with Crippen LogP contribution in [0.5, 0.6) is 0 Å². The van der Waals surface area contributed by atoms with Gasteiger partial charge in [0, 0.05) is 13.1 Å². The normalized spacial score (nSPS) is 37.0. The smallest absolute Gasteiger partial charge is 0.236 e. The summed E-state index contributed by atoms with van der Waals surface area (Å²) in [5, 5.41) is 0. The van der Waals surface area contributed by atoms with Crippen LogP contribution in [0, 0.1) is 11.8 Å². The summed E-state index contributed by atoms with van der Waals surface area (Å²) in [6.45, 7) is 5.28. The molecule has 3 saturated heterocycles. The number of fused-ring (bicyclic) bond motifs is 2. The maximum atomic E-state index is 12.6. The lowest BCUT2D eigenvalue weighted by Crippen LogP contribution is -2.49. The van der Waals surface area contributed by atoms with Gasteiger partial charge in [-0.15, -0.1) is 0 Å². The van der Waals surface area contributed by atoms with Gasteiger partial charge in [0.15, 0.2) is 0 Å². The summed E-state index contributed by atoms with van der Waals surface area (Å²) in [6.07, 6.45) is 2.85. The number of carbonyl (C=O) groups excluding carboxylic acids is 2. The Kier molecular flexibility index (Phi) is 4.05. The average molecular weight is 282 g/mol. The molecular formula is C14H22N2O4. The molecule has 0 aromatic rings. The predicted octanol–water partition coefficient (Wildman–Crippen LogP) is 0.0746. The number of ether oxygens (including phenoxy) is 2. The highest BCUT2D eigenvalue weighted by molar-refractivity contribution is 5.88. The maximum absolute atomic E-state index is 12.6. The van der Waals surface area contributed by atoms with Crippen LogP contribution in [-0.4, -0.2) is 67.3 Å². The van der Waals surface area contributed by atoms with Gasteiger partial charge in [-0.05, 0) is 18.8 Å². The minimum atomic E-state index is -0.153. The van der Waals surface area contributed by atoms with Crippen LogP contribution in [0.4, 0.5) is 0 Å². The quantitative estimate of drug-likeness (QED) is 0.683. The zero-order chi connectivity index (χ0) is 14.1. The minimum Gasteiger partial charge on any atom is -0.379 e. The third-order valence-corrected chi connectivity index (χ3v) is 4.79. The van der Waals surface area contributed by atoms with Crippen molar-refractivity contribution in [2.45, 2.75) is 32.0 Å². The van der Waals surface area contributed by atoms with Gasteiger partial charge in [-0.25, -0.2) is 0 Å². The summed E-state index contributed by atoms with van der Waals surface area (Å²) in [5.74, 6) is -0.0143. The Balaban J connectivity index is 1.63. The van der Waals surface area contributed by atoms with Gasteiger partial charge in [0.05, 0.1) is 38.0 Å². The van der Waals surface area contributed by atoms with Crippen LogP contribution in [0.1, 0.15) is 19.8 Å². The molecule has 20 heavy (non-hydrogen) atoms. The molecule has 6 heteroatoms. The molecule has 0 aromatic carbocycles. The molecule has 3 aliphatic heterocycles. The van der Waals surface area contributed by atoms with Crippen molar-refractivity contribution < 1.29 is 19.1 Å². The number of imide groups is 1. The van der Waals surface area contributed by atoms with Crippen molar-refractivity contribution in [2.75, 3.05) is 33.0 Å². The molecule has 3 aliphatic rings. The van der Waals surface area contributed by atoms with E-state index in [2.05, 4.69) is 11.8 Å². The van der Waals surface area contributed by atoms with Gasteiger partial charge in [-0.3, -0.25) is 19.4 Å². The van der Waals surface area contributed by atoms with Crippen LogP contribution in [0.2, 0.25) is 0 Å². The molecule has 3 fully saturated rings. The van der Waals surface area contributed by atoms with Crippen LogP contribution < -0.4 is 0 Å². The summed E-state index contributed by atoms with van der Waals surface area (Å²) in [4.78, 5) is 27.3. The SMILES string of the molecule is C[C@@H]1C2CCC(O2)[C@@H]1C(=O)N(C=O)CN1CCOCC1. The Labute approximate surface area is 119 Å². The predicted molar refractivity (Wildman–Crippen MR) is 70.7 cm³/mol. The summed E-state index contributed by atoms with van der Waals surface area (Å²) < 4.78 is 11.1. The van der Waals surface area contributed by atoms with E-state index in [0.717, 1.165) is 25.9 Å². The van der Waals surface area contributed by atoms with Gasteiger partial charge >= 0.3 is 0 Å². The second kappa shape index (κ2) is 5.79. The molecule has 0 aromatic heterocycles. The van der Waals surface area contributed by atoms with E-state index in [-0.39, 0.29) is 30.0 Å². The van der Waals surface area contributed by atoms with Gasteiger partial charge in [0.1, 0.15) is 0 Å². The molecule has 3 rings (SSSR count). The molecule has 0 spiro atoms. The first-order valence-corrected chi connectivity index (χ1v) is 7.42. The van der Waals surface area contributed by atoms with E-state index in [1.807, 2.05) is 0 Å². The average Bonchev–Trinajstić information content (AvgIpc) is 3.06. The lowest BCUT2D eigenvalue weighted by atomic mass is 9.80. The molecule has 112 valence electrons. The first-order valence-electron chi connectivity index (χ1n) is 7.42. The standard InChI is InChI=1S/C14H22N2O4/c1-10-11-2-3-12(20-11)13(10)14(18)16(9-17)8-15-4-6-19-7-5-15/h9-13H,2-8H2,1H3/t10-,11?,12?,13-/m1/s1. The fourth-order valence-electron chi connectivity index (χ4n) is 3.60. The van der Waals surface area contributed by atoms with Crippen LogP contribution in [0.3, 0.4) is 0 Å². The Morgan fingerprint density at radius 2 is 2.00 bits per heavy atom. The van der Waals surface area contributed by atoms with E-state index in [0.29, 0.717) is 26.3 Å². The zero-order valence-corrected chi connectivity index (χ0v) is 11.9. The number of amides is 2. The molecular weight excluding hydrogens is 260 g/mol. The zero-order valence-electron chi connectivity index (χ0n) is 11.9. The van der Waals surface area contributed by atoms with Crippen LogP contribution in [0.25, 0.3) is 0 Å². The van der Waals surface area contributed by atoms with Gasteiger partial charge < -0.3 is 9.47 Å². The van der Waals surface area contributed by atoms with Gasteiger partial charge in [-0.1, -0.05) is 6.92 Å². The topological polar surface area (TPSA) is 59.1 Å². The summed E-state index contributed by atoms with van der Waals surface area (Å²) >= 11 is 0. The first kappa shape index (κ1) is 14.0. The van der Waals surface area contributed by atoms with E-state index in [9.17, 15) is 9.59 Å². The third kappa shape index (κ3) is 2.47. The van der Waals surface area contributed by atoms with Crippen LogP contribution >= 0.6 is 0 Å². The van der Waals surface area contributed by atoms with E-state index in [4.69, 9.17) is 9.47 Å². The lowest BCUT2D eigenvalue weighted by Gasteiger charge is -2.33. The molecule has 6 nitrogen and oxygen atoms in total. The van der Waals surface area contributed by atoms with Crippen molar-refractivity contribution >= 4 is 12.3 Å². The molecule has 2 unspecified atom stereocenters. The molecule has 2 amide bonds. The number of hydrogen-bond acceptors (Lipinski definition) is 5. The Hall–Kier alpha value is -0.980. The van der Waals surface area contributed by atoms with Gasteiger partial charge in [0.2, 0.25) is 12.3 Å². The Bertz CT molecular complexity index is 381. The monoisotopic (exact) mass is 282 g/mol. The number of nitrogens with zero attached hydrogens (tertiary/aromatic N) is 2. The number of carbonyl (C=O) groups is 2. The molecule has 0 aliphatic carbocycles. The van der Waals surface area contributed by atoms with Gasteiger partial charge in [-0.2, -0.15) is 0 Å². The molecule has 0 saturated carbocycles. The van der Waals surface area contributed by atoms with Crippen LogP contribution in [0.15, 0.2) is 0 Å². The van der Waals surface area contributed by atoms with Crippen molar-refractivity contribution in [1.29, 1.82) is 0 Å². The largest absolute Gasteiger partial charge is 0.379 e. The molecule has 4 atom stereocenters. The van der Waals surface area contributed by atoms with Crippen molar-refractivity contribution in [2.24, 2.45) is 11.8 Å². The summed E-state index contributed by atoms with van der Waals surface area (Å²) in [7, 11) is 0. The molecule has 0 N–H and O–H groups in total. The number of rotatable bonds is 4. The molecule has 2 bridgehead atoms. The van der Waals surface area contributed by atoms with E-state index < -0.39 is 0 Å². The summed E-state index contributed by atoms with van der Waals surface area (Å²) in [6, 6.07) is 0. The number of morpholine rings is 1. The Morgan fingerprint density at radius 1 is 1.30 bits per heavy atom.